The number of H-pyrrole nitrogens is 1. The monoisotopic (exact) mass is 253 g/mol. The number of aromatic amines is 1. The lowest BCUT2D eigenvalue weighted by molar-refractivity contribution is 0.277. The number of fused-ring (bicyclic) bond motifs is 6. The van der Waals surface area contributed by atoms with E-state index in [4.69, 9.17) is 0 Å². The second kappa shape index (κ2) is 3.16. The number of thiazole rings is 1. The molecule has 2 saturated carbocycles. The van der Waals surface area contributed by atoms with Gasteiger partial charge in [-0.3, -0.25) is 4.79 Å². The summed E-state index contributed by atoms with van der Waals surface area (Å²) in [5, 5.41) is 1.99. The van der Waals surface area contributed by atoms with Gasteiger partial charge in [0.2, 0.25) is 0 Å². The van der Waals surface area contributed by atoms with Crippen molar-refractivity contribution in [3.63, 3.8) is 0 Å². The van der Waals surface area contributed by atoms with Gasteiger partial charge in [-0.1, -0.05) is 18.3 Å². The average Bonchev–Trinajstić information content (AvgIpc) is 2.85. The lowest BCUT2D eigenvalue weighted by Gasteiger charge is -2.36. The molecule has 2 aliphatic carbocycles. The van der Waals surface area contributed by atoms with Crippen LogP contribution < -0.4 is 4.87 Å². The van der Waals surface area contributed by atoms with E-state index in [2.05, 4.69) is 11.9 Å². The molecule has 0 aromatic carbocycles. The van der Waals surface area contributed by atoms with Gasteiger partial charge >= 0.3 is 4.87 Å². The second-order valence-electron chi connectivity index (χ2n) is 5.59. The van der Waals surface area contributed by atoms with Crippen molar-refractivity contribution in [1.29, 1.82) is 0 Å². The first-order valence-electron chi connectivity index (χ1n) is 6.11. The molecule has 4 heteroatoms. The van der Waals surface area contributed by atoms with Gasteiger partial charge in [-0.2, -0.15) is 0 Å². The second-order valence-corrected chi connectivity index (χ2v) is 7.85. The van der Waals surface area contributed by atoms with E-state index < -0.39 is 0 Å². The highest BCUT2D eigenvalue weighted by molar-refractivity contribution is 8.00. The summed E-state index contributed by atoms with van der Waals surface area (Å²) in [5.74, 6) is 3.63. The molecule has 1 aromatic rings. The number of hydrogen-bond donors (Lipinski definition) is 1. The molecular weight excluding hydrogens is 238 g/mol. The van der Waals surface area contributed by atoms with Crippen LogP contribution in [-0.4, -0.2) is 10.2 Å². The van der Waals surface area contributed by atoms with Gasteiger partial charge in [-0.15, -0.1) is 11.8 Å². The molecule has 5 atom stereocenters. The summed E-state index contributed by atoms with van der Waals surface area (Å²) in [6.07, 6.45) is 4.05. The molecule has 1 unspecified atom stereocenters. The Bertz CT molecular complexity index is 491. The molecule has 2 fully saturated rings. The smallest absolute Gasteiger partial charge is 0.305 e. The minimum Gasteiger partial charge on any atom is -0.307 e. The van der Waals surface area contributed by atoms with Gasteiger partial charge in [0.15, 0.2) is 0 Å². The maximum atomic E-state index is 11.4. The summed E-state index contributed by atoms with van der Waals surface area (Å²) >= 11 is 3.41. The van der Waals surface area contributed by atoms with E-state index in [0.717, 1.165) is 28.9 Å². The molecule has 2 heterocycles. The molecule has 0 saturated heterocycles. The van der Waals surface area contributed by atoms with E-state index in [1.54, 1.807) is 0 Å². The fraction of sp³-hybridized carbons (Fsp3) is 0.750. The Morgan fingerprint density at radius 3 is 3.06 bits per heavy atom. The third-order valence-electron chi connectivity index (χ3n) is 4.79. The van der Waals surface area contributed by atoms with Gasteiger partial charge < -0.3 is 4.98 Å². The molecule has 86 valence electrons. The summed E-state index contributed by atoms with van der Waals surface area (Å²) in [4.78, 5) is 15.8. The highest BCUT2D eigenvalue weighted by Crippen LogP contribution is 2.60. The third kappa shape index (κ3) is 1.17. The Morgan fingerprint density at radius 1 is 1.31 bits per heavy atom. The van der Waals surface area contributed by atoms with Gasteiger partial charge in [0.25, 0.3) is 0 Å². The van der Waals surface area contributed by atoms with Crippen LogP contribution in [0.1, 0.15) is 24.6 Å². The molecule has 1 aliphatic heterocycles. The van der Waals surface area contributed by atoms with E-state index >= 15 is 0 Å². The first-order valence-corrected chi connectivity index (χ1v) is 7.80. The Hall–Kier alpha value is -0.220. The van der Waals surface area contributed by atoms with Gasteiger partial charge in [0.1, 0.15) is 0 Å². The normalized spacial score (nSPS) is 44.4. The van der Waals surface area contributed by atoms with Gasteiger partial charge in [0.05, 0.1) is 5.03 Å². The number of nitrogens with one attached hydrogen (secondary N) is 1. The first kappa shape index (κ1) is 9.77. The molecule has 1 aromatic heterocycles. The molecule has 0 radical (unpaired) electrons. The van der Waals surface area contributed by atoms with Crippen molar-refractivity contribution in [2.45, 2.75) is 36.5 Å². The Labute approximate surface area is 103 Å². The molecule has 3 aliphatic rings. The maximum absolute atomic E-state index is 11.4. The summed E-state index contributed by atoms with van der Waals surface area (Å²) < 4.78 is 0. The van der Waals surface area contributed by atoms with Crippen molar-refractivity contribution in [1.82, 2.24) is 4.98 Å². The molecule has 2 bridgehead atoms. The SMILES string of the molecule is CC1C[C@H]2C[C@@H]1[C@@H]1Sc3[nH]c(=O)sc3C[C@H]21. The Kier molecular flexibility index (Phi) is 1.93. The fourth-order valence-corrected chi connectivity index (χ4v) is 6.92. The molecule has 2 nitrogen and oxygen atoms in total. The standard InChI is InChI=1S/C12H15NOS2/c1-5-2-6-3-7(5)10-8(6)4-9-11(16-10)13-12(14)15-9/h5-8,10H,2-4H2,1H3,(H,13,14)/t5?,6-,7-,8+,10-/m0/s1. The predicted octanol–water partition coefficient (Wildman–Crippen LogP) is 2.75. The topological polar surface area (TPSA) is 32.9 Å². The van der Waals surface area contributed by atoms with Crippen LogP contribution in [0, 0.1) is 23.7 Å². The number of hydrogen-bond acceptors (Lipinski definition) is 3. The molecule has 0 amide bonds. The molecule has 16 heavy (non-hydrogen) atoms. The van der Waals surface area contributed by atoms with Crippen molar-refractivity contribution < 1.29 is 0 Å². The van der Waals surface area contributed by atoms with E-state index in [0.29, 0.717) is 0 Å². The molecular formula is C12H15NOS2. The number of aromatic nitrogens is 1. The van der Waals surface area contributed by atoms with Crippen molar-refractivity contribution >= 4 is 23.1 Å². The largest absolute Gasteiger partial charge is 0.307 e. The van der Waals surface area contributed by atoms with Crippen LogP contribution in [0.3, 0.4) is 0 Å². The quantitative estimate of drug-likeness (QED) is 0.771. The van der Waals surface area contributed by atoms with Gasteiger partial charge in [-0.25, -0.2) is 0 Å². The number of thioether (sulfide) groups is 1. The first-order chi connectivity index (χ1) is 7.72. The van der Waals surface area contributed by atoms with Crippen LogP contribution in [0.25, 0.3) is 0 Å². The summed E-state index contributed by atoms with van der Waals surface area (Å²) in [7, 11) is 0. The van der Waals surface area contributed by atoms with E-state index in [9.17, 15) is 4.79 Å². The molecule has 4 rings (SSSR count). The Balaban J connectivity index is 1.74. The summed E-state index contributed by atoms with van der Waals surface area (Å²) in [6.45, 7) is 2.41. The highest BCUT2D eigenvalue weighted by atomic mass is 32.2. The van der Waals surface area contributed by atoms with Crippen molar-refractivity contribution in [2.75, 3.05) is 0 Å². The van der Waals surface area contributed by atoms with E-state index in [1.165, 1.54) is 40.5 Å². The van der Waals surface area contributed by atoms with Gasteiger partial charge in [0, 0.05) is 10.1 Å². The van der Waals surface area contributed by atoms with Crippen molar-refractivity contribution in [2.24, 2.45) is 23.7 Å². The number of rotatable bonds is 0. The van der Waals surface area contributed by atoms with Crippen molar-refractivity contribution in [3.05, 3.63) is 14.5 Å². The van der Waals surface area contributed by atoms with Crippen LogP contribution in [0.4, 0.5) is 0 Å². The van der Waals surface area contributed by atoms with E-state index in [1.807, 2.05) is 11.8 Å². The van der Waals surface area contributed by atoms with Crippen LogP contribution in [-0.2, 0) is 6.42 Å². The zero-order chi connectivity index (χ0) is 10.9. The minimum absolute atomic E-state index is 0.137. The third-order valence-corrected chi connectivity index (χ3v) is 7.38. The molecule has 0 spiro atoms. The maximum Gasteiger partial charge on any atom is 0.305 e. The van der Waals surface area contributed by atoms with Crippen LogP contribution in [0.5, 0.6) is 0 Å². The lowest BCUT2D eigenvalue weighted by atomic mass is 9.80. The summed E-state index contributed by atoms with van der Waals surface area (Å²) in [5.41, 5.74) is 0. The van der Waals surface area contributed by atoms with Crippen molar-refractivity contribution in [3.8, 4) is 0 Å². The minimum atomic E-state index is 0.137. The highest BCUT2D eigenvalue weighted by Gasteiger charge is 2.53. The van der Waals surface area contributed by atoms with Crippen LogP contribution in [0.15, 0.2) is 9.82 Å². The van der Waals surface area contributed by atoms with Crippen LogP contribution >= 0.6 is 23.1 Å². The fourth-order valence-electron chi connectivity index (χ4n) is 4.11. The Morgan fingerprint density at radius 2 is 2.19 bits per heavy atom. The summed E-state index contributed by atoms with van der Waals surface area (Å²) in [6, 6.07) is 0. The van der Waals surface area contributed by atoms with E-state index in [-0.39, 0.29) is 4.87 Å². The zero-order valence-corrected chi connectivity index (χ0v) is 10.9. The zero-order valence-electron chi connectivity index (χ0n) is 9.23. The van der Waals surface area contributed by atoms with Gasteiger partial charge in [-0.05, 0) is 42.9 Å². The van der Waals surface area contributed by atoms with Crippen LogP contribution in [0.2, 0.25) is 0 Å². The molecule has 1 N–H and O–H groups in total. The predicted molar refractivity (Wildman–Crippen MR) is 67.2 cm³/mol. The lowest BCUT2D eigenvalue weighted by Crippen LogP contribution is -2.32. The average molecular weight is 253 g/mol.